The summed E-state index contributed by atoms with van der Waals surface area (Å²) in [6.07, 6.45) is 5.71. The van der Waals surface area contributed by atoms with Gasteiger partial charge in [-0.25, -0.2) is 0 Å². The van der Waals surface area contributed by atoms with E-state index in [9.17, 15) is 38.4 Å². The third-order valence-corrected chi connectivity index (χ3v) is 8.18. The van der Waals surface area contributed by atoms with E-state index in [1.807, 2.05) is 55.4 Å². The van der Waals surface area contributed by atoms with Crippen LogP contribution in [0, 0.1) is 23.7 Å². The summed E-state index contributed by atoms with van der Waals surface area (Å²) < 4.78 is 31.6. The predicted molar refractivity (Wildman–Crippen MR) is 238 cm³/mol. The van der Waals surface area contributed by atoms with Gasteiger partial charge >= 0.3 is 10.4 Å². The largest absolute Gasteiger partial charge is 0.394 e. The van der Waals surface area contributed by atoms with Gasteiger partial charge in [-0.15, -0.1) is 0 Å². The summed E-state index contributed by atoms with van der Waals surface area (Å²) >= 11 is 0. The van der Waals surface area contributed by atoms with Crippen LogP contribution in [0.3, 0.4) is 0 Å². The van der Waals surface area contributed by atoms with E-state index in [4.69, 9.17) is 40.5 Å². The SMILES string of the molecule is CC(C)C[C@H](NC=O)C(=O)N[C@@H](CC(C)C)C(=O)N[C@H](C=O)CCCN=C(N)N.CC(C)C[C@H](NC=O)C(=O)N[C@@H](CC(C)C)C(=O)N[C@H](C=O)CCCN=C(N)N.O=S(=O)(O)O. The van der Waals surface area contributed by atoms with Crippen LogP contribution in [0.25, 0.3) is 0 Å². The topological polar surface area (TPSA) is 412 Å². The van der Waals surface area contributed by atoms with Crippen molar-refractivity contribution in [2.24, 2.45) is 56.6 Å². The molecule has 0 aliphatic rings. The zero-order chi connectivity index (χ0) is 49.3. The van der Waals surface area contributed by atoms with Gasteiger partial charge in [0.2, 0.25) is 36.4 Å². The molecule has 0 aromatic carbocycles. The minimum atomic E-state index is -4.67. The molecule has 6 amide bonds. The third kappa shape index (κ3) is 38.0. The summed E-state index contributed by atoms with van der Waals surface area (Å²) in [6, 6.07) is -4.49. The van der Waals surface area contributed by atoms with Crippen molar-refractivity contribution in [3.8, 4) is 0 Å². The van der Waals surface area contributed by atoms with Crippen molar-refractivity contribution in [3.63, 3.8) is 0 Å². The van der Waals surface area contributed by atoms with Crippen molar-refractivity contribution in [2.75, 3.05) is 13.1 Å². The number of carbonyl (C=O) groups excluding carboxylic acids is 8. The Kier molecular flexibility index (Phi) is 34.4. The molecule has 0 bridgehead atoms. The van der Waals surface area contributed by atoms with E-state index >= 15 is 0 Å². The maximum absolute atomic E-state index is 12.7. The molecule has 0 unspecified atom stereocenters. The molecule has 63 heavy (non-hydrogen) atoms. The van der Waals surface area contributed by atoms with E-state index in [2.05, 4.69) is 41.9 Å². The fourth-order valence-corrected chi connectivity index (χ4v) is 5.51. The van der Waals surface area contributed by atoms with Gasteiger partial charge in [0.1, 0.15) is 36.7 Å². The Morgan fingerprint density at radius 2 is 0.762 bits per heavy atom. The van der Waals surface area contributed by atoms with Crippen LogP contribution in [0.2, 0.25) is 0 Å². The number of guanidine groups is 2. The van der Waals surface area contributed by atoms with Gasteiger partial charge in [0.25, 0.3) is 0 Å². The van der Waals surface area contributed by atoms with Gasteiger partial charge in [0, 0.05) is 13.1 Å². The Bertz CT molecular complexity index is 1450. The predicted octanol–water partition coefficient (Wildman–Crippen LogP) is -1.82. The van der Waals surface area contributed by atoms with Gasteiger partial charge < -0.3 is 64.4 Å². The van der Waals surface area contributed by atoms with Crippen LogP contribution in [0.15, 0.2) is 9.98 Å². The van der Waals surface area contributed by atoms with E-state index in [1.165, 1.54) is 0 Å². The molecule has 24 nitrogen and oxygen atoms in total. The van der Waals surface area contributed by atoms with Crippen molar-refractivity contribution in [2.45, 2.75) is 143 Å². The molecule has 0 heterocycles. The van der Waals surface area contributed by atoms with Crippen LogP contribution < -0.4 is 54.8 Å². The van der Waals surface area contributed by atoms with Crippen LogP contribution in [-0.2, 0) is 48.8 Å². The first-order valence-corrected chi connectivity index (χ1v) is 21.9. The molecule has 0 aromatic rings. The summed E-state index contributed by atoms with van der Waals surface area (Å²) in [7, 11) is -4.67. The lowest BCUT2D eigenvalue weighted by Gasteiger charge is -2.25. The number of nitrogens with zero attached hydrogens (tertiary/aromatic N) is 2. The lowest BCUT2D eigenvalue weighted by molar-refractivity contribution is -0.132. The molecular weight excluding hydrogens is 849 g/mol. The standard InChI is InChI=1S/2C19H36N6O4.H2O4S/c2*1-12(2)8-15(23-11-27)17(28)25-16(9-13(3)4)18(29)24-14(10-26)6-5-7-22-19(20)21;1-5(2,3)4/h2*10-16H,5-9H2,1-4H3,(H,23,27)(H,24,29)(H,25,28)(H4,20,21,22);(H2,1,2,3,4)/t2*14-,15-,16-;/m00./s1. The molecule has 25 heteroatoms. The highest BCUT2D eigenvalue weighted by Gasteiger charge is 2.29. The molecular formula is C38H74N12O12S. The Morgan fingerprint density at radius 1 is 0.508 bits per heavy atom. The van der Waals surface area contributed by atoms with Gasteiger partial charge in [-0.3, -0.25) is 47.9 Å². The van der Waals surface area contributed by atoms with Gasteiger partial charge in [0.05, 0.1) is 12.1 Å². The maximum atomic E-state index is 12.7. The van der Waals surface area contributed by atoms with Gasteiger partial charge in [-0.05, 0) is 75.0 Å². The van der Waals surface area contributed by atoms with Gasteiger partial charge in [0.15, 0.2) is 11.9 Å². The molecule has 0 aliphatic heterocycles. The van der Waals surface area contributed by atoms with Crippen LogP contribution >= 0.6 is 0 Å². The van der Waals surface area contributed by atoms with E-state index in [0.717, 1.165) is 0 Å². The number of hydrogen-bond donors (Lipinski definition) is 12. The molecule has 0 spiro atoms. The zero-order valence-corrected chi connectivity index (χ0v) is 38.6. The van der Waals surface area contributed by atoms with E-state index < -0.39 is 70.3 Å². The molecule has 0 rings (SSSR count). The Hall–Kier alpha value is -5.43. The van der Waals surface area contributed by atoms with Gasteiger partial charge in [-0.2, -0.15) is 8.42 Å². The molecule has 0 radical (unpaired) electrons. The molecule has 364 valence electrons. The number of aldehydes is 2. The molecule has 0 saturated heterocycles. The average Bonchev–Trinajstić information content (AvgIpc) is 3.14. The fourth-order valence-electron chi connectivity index (χ4n) is 5.51. The highest BCUT2D eigenvalue weighted by molar-refractivity contribution is 7.79. The number of amides is 6. The van der Waals surface area contributed by atoms with E-state index in [-0.39, 0.29) is 35.6 Å². The minimum absolute atomic E-state index is 0.0312. The number of aliphatic imine (C=N–C) groups is 2. The lowest BCUT2D eigenvalue weighted by Crippen LogP contribution is -2.54. The smallest absolute Gasteiger partial charge is 0.370 e. The molecule has 6 atom stereocenters. The zero-order valence-electron chi connectivity index (χ0n) is 37.7. The van der Waals surface area contributed by atoms with E-state index in [1.54, 1.807) is 0 Å². The monoisotopic (exact) mass is 923 g/mol. The van der Waals surface area contributed by atoms with Crippen LogP contribution in [0.4, 0.5) is 0 Å². The van der Waals surface area contributed by atoms with Crippen molar-refractivity contribution in [1.82, 2.24) is 31.9 Å². The van der Waals surface area contributed by atoms with Crippen molar-refractivity contribution in [1.29, 1.82) is 0 Å². The molecule has 0 aliphatic carbocycles. The number of hydrogen-bond acceptors (Lipinski definition) is 12. The van der Waals surface area contributed by atoms with Gasteiger partial charge in [-0.1, -0.05) is 55.4 Å². The normalized spacial score (nSPS) is 13.7. The first-order valence-electron chi connectivity index (χ1n) is 20.5. The summed E-state index contributed by atoms with van der Waals surface area (Å²) in [6.45, 7) is 16.1. The van der Waals surface area contributed by atoms with Crippen LogP contribution in [-0.4, -0.2) is 128 Å². The lowest BCUT2D eigenvalue weighted by atomic mass is 10.00. The minimum Gasteiger partial charge on any atom is -0.370 e. The van der Waals surface area contributed by atoms with Crippen molar-refractivity contribution in [3.05, 3.63) is 0 Å². The maximum Gasteiger partial charge on any atom is 0.394 e. The van der Waals surface area contributed by atoms with Crippen molar-refractivity contribution < 1.29 is 55.9 Å². The Labute approximate surface area is 371 Å². The fraction of sp³-hybridized carbons (Fsp3) is 0.737. The average molecular weight is 923 g/mol. The summed E-state index contributed by atoms with van der Waals surface area (Å²) in [5, 5.41) is 15.7. The number of nitrogens with one attached hydrogen (secondary N) is 6. The molecule has 0 fully saturated rings. The number of carbonyl (C=O) groups is 8. The van der Waals surface area contributed by atoms with Crippen LogP contribution in [0.1, 0.15) is 107 Å². The second-order valence-corrected chi connectivity index (χ2v) is 17.1. The van der Waals surface area contributed by atoms with Crippen molar-refractivity contribution >= 4 is 71.3 Å². The number of nitrogens with two attached hydrogens (primary N) is 4. The molecule has 0 saturated carbocycles. The quantitative estimate of drug-likeness (QED) is 0.0124. The summed E-state index contributed by atoms with van der Waals surface area (Å²) in [5.41, 5.74) is 21.0. The van der Waals surface area contributed by atoms with Crippen LogP contribution in [0.5, 0.6) is 0 Å². The molecule has 0 aromatic heterocycles. The summed E-state index contributed by atoms with van der Waals surface area (Å²) in [4.78, 5) is 102. The Balaban J connectivity index is -0.00000103. The first-order chi connectivity index (χ1) is 29.2. The van der Waals surface area contributed by atoms with E-state index in [0.29, 0.717) is 89.8 Å². The highest BCUT2D eigenvalue weighted by atomic mass is 32.3. The highest BCUT2D eigenvalue weighted by Crippen LogP contribution is 2.11. The summed E-state index contributed by atoms with van der Waals surface area (Å²) in [5.74, 6) is -1.19. The molecule has 16 N–H and O–H groups in total. The number of rotatable bonds is 30. The Morgan fingerprint density at radius 3 is 0.984 bits per heavy atom. The third-order valence-electron chi connectivity index (χ3n) is 8.18. The second kappa shape index (κ2) is 35.1. The first kappa shape index (κ1) is 61.9. The second-order valence-electron chi connectivity index (χ2n) is 16.2.